The van der Waals surface area contributed by atoms with Crippen molar-refractivity contribution in [2.24, 2.45) is 0 Å². The summed E-state index contributed by atoms with van der Waals surface area (Å²) in [4.78, 5) is 14.8. The van der Waals surface area contributed by atoms with Crippen LogP contribution in [0.3, 0.4) is 0 Å². The van der Waals surface area contributed by atoms with Crippen LogP contribution >= 0.6 is 0 Å². The third kappa shape index (κ3) is 6.45. The van der Waals surface area contributed by atoms with Crippen molar-refractivity contribution in [3.63, 3.8) is 0 Å². The first kappa shape index (κ1) is 26.6. The number of nitrogens with zero attached hydrogens (tertiary/aromatic N) is 1. The summed E-state index contributed by atoms with van der Waals surface area (Å²) in [6.45, 7) is 16.7. The van der Waals surface area contributed by atoms with Crippen LogP contribution in [0.1, 0.15) is 71.9 Å². The SMILES string of the molecule is Cc1c(NC(=O)CCCCNS(=O)(=O)C(C)(C)C)ccc(N2CC(C)OC(C)C2C)c1C. The van der Waals surface area contributed by atoms with Crippen LogP contribution in [0, 0.1) is 13.8 Å². The number of ether oxygens (including phenoxy) is 1. The molecule has 1 fully saturated rings. The fourth-order valence-electron chi connectivity index (χ4n) is 3.84. The van der Waals surface area contributed by atoms with Gasteiger partial charge in [0.15, 0.2) is 0 Å². The Morgan fingerprint density at radius 3 is 2.41 bits per heavy atom. The van der Waals surface area contributed by atoms with E-state index in [0.29, 0.717) is 25.8 Å². The Morgan fingerprint density at radius 1 is 1.12 bits per heavy atom. The molecular weight excluding hydrogens is 426 g/mol. The van der Waals surface area contributed by atoms with E-state index in [1.807, 2.05) is 13.0 Å². The van der Waals surface area contributed by atoms with E-state index in [-0.39, 0.29) is 24.2 Å². The van der Waals surface area contributed by atoms with Gasteiger partial charge in [-0.25, -0.2) is 13.1 Å². The lowest BCUT2D eigenvalue weighted by atomic mass is 10.0. The lowest BCUT2D eigenvalue weighted by Crippen LogP contribution is -2.52. The Labute approximate surface area is 194 Å². The summed E-state index contributed by atoms with van der Waals surface area (Å²) < 4.78 is 31.8. The van der Waals surface area contributed by atoms with Gasteiger partial charge in [-0.15, -0.1) is 0 Å². The highest BCUT2D eigenvalue weighted by Crippen LogP contribution is 2.33. The summed E-state index contributed by atoms with van der Waals surface area (Å²) in [5, 5.41) is 3.02. The normalized spacial score (nSPS) is 22.1. The van der Waals surface area contributed by atoms with Crippen molar-refractivity contribution >= 4 is 27.3 Å². The Bertz CT molecular complexity index is 909. The zero-order valence-corrected chi connectivity index (χ0v) is 21.7. The van der Waals surface area contributed by atoms with Crippen molar-refractivity contribution in [3.05, 3.63) is 23.3 Å². The number of sulfonamides is 1. The molecule has 182 valence electrons. The van der Waals surface area contributed by atoms with Crippen molar-refractivity contribution in [2.45, 2.75) is 97.6 Å². The first-order chi connectivity index (χ1) is 14.7. The van der Waals surface area contributed by atoms with Crippen molar-refractivity contribution in [1.29, 1.82) is 0 Å². The monoisotopic (exact) mass is 467 g/mol. The molecule has 0 aromatic heterocycles. The van der Waals surface area contributed by atoms with Crippen LogP contribution in [-0.2, 0) is 19.6 Å². The number of anilines is 2. The van der Waals surface area contributed by atoms with Crippen LogP contribution < -0.4 is 14.9 Å². The van der Waals surface area contributed by atoms with Gasteiger partial charge >= 0.3 is 0 Å². The maximum Gasteiger partial charge on any atom is 0.224 e. The second-order valence-corrected chi connectivity index (χ2v) is 12.5. The molecule has 0 radical (unpaired) electrons. The first-order valence-corrected chi connectivity index (χ1v) is 13.0. The predicted octanol–water partition coefficient (Wildman–Crippen LogP) is 4.13. The van der Waals surface area contributed by atoms with Crippen molar-refractivity contribution in [3.8, 4) is 0 Å². The molecule has 0 aliphatic carbocycles. The number of nitrogens with one attached hydrogen (secondary N) is 2. The molecular formula is C24H41N3O4S. The maximum atomic E-state index is 12.4. The number of hydrogen-bond acceptors (Lipinski definition) is 5. The summed E-state index contributed by atoms with van der Waals surface area (Å²) >= 11 is 0. The highest BCUT2D eigenvalue weighted by molar-refractivity contribution is 7.90. The van der Waals surface area contributed by atoms with Gasteiger partial charge in [0, 0.05) is 30.9 Å². The minimum absolute atomic E-state index is 0.0547. The topological polar surface area (TPSA) is 87.7 Å². The van der Waals surface area contributed by atoms with Gasteiger partial charge < -0.3 is 15.0 Å². The highest BCUT2D eigenvalue weighted by Gasteiger charge is 2.31. The molecule has 1 aliphatic heterocycles. The van der Waals surface area contributed by atoms with Gasteiger partial charge in [-0.05, 0) is 91.5 Å². The molecule has 2 rings (SSSR count). The first-order valence-electron chi connectivity index (χ1n) is 11.6. The summed E-state index contributed by atoms with van der Waals surface area (Å²) in [6, 6.07) is 4.34. The Balaban J connectivity index is 1.92. The lowest BCUT2D eigenvalue weighted by molar-refractivity contribution is -0.116. The number of rotatable bonds is 8. The van der Waals surface area contributed by atoms with Gasteiger partial charge in [-0.2, -0.15) is 0 Å². The number of morpholine rings is 1. The van der Waals surface area contributed by atoms with Crippen LogP contribution in [0.15, 0.2) is 12.1 Å². The zero-order valence-electron chi connectivity index (χ0n) is 20.9. The Kier molecular flexibility index (Phi) is 8.76. The quantitative estimate of drug-likeness (QED) is 0.561. The van der Waals surface area contributed by atoms with E-state index in [1.165, 1.54) is 5.69 Å². The van der Waals surface area contributed by atoms with E-state index in [9.17, 15) is 13.2 Å². The molecule has 1 amide bonds. The number of benzene rings is 1. The molecule has 1 aliphatic rings. The molecule has 0 bridgehead atoms. The van der Waals surface area contributed by atoms with Gasteiger partial charge in [0.2, 0.25) is 15.9 Å². The van der Waals surface area contributed by atoms with E-state index in [4.69, 9.17) is 4.74 Å². The average Bonchev–Trinajstić information content (AvgIpc) is 2.67. The molecule has 3 atom stereocenters. The van der Waals surface area contributed by atoms with Crippen molar-refractivity contribution < 1.29 is 17.9 Å². The Hall–Kier alpha value is -1.64. The van der Waals surface area contributed by atoms with E-state index in [2.05, 4.69) is 48.7 Å². The highest BCUT2D eigenvalue weighted by atomic mass is 32.2. The summed E-state index contributed by atoms with van der Waals surface area (Å²) in [5.74, 6) is -0.0547. The Morgan fingerprint density at radius 2 is 1.78 bits per heavy atom. The number of amides is 1. The molecule has 32 heavy (non-hydrogen) atoms. The average molecular weight is 468 g/mol. The molecule has 8 heteroatoms. The number of carbonyl (C=O) groups excluding carboxylic acids is 1. The smallest absolute Gasteiger partial charge is 0.224 e. The fraction of sp³-hybridized carbons (Fsp3) is 0.708. The van der Waals surface area contributed by atoms with Gasteiger partial charge in [-0.3, -0.25) is 4.79 Å². The molecule has 2 N–H and O–H groups in total. The van der Waals surface area contributed by atoms with E-state index in [1.54, 1.807) is 20.8 Å². The number of carbonyl (C=O) groups is 1. The molecule has 1 aromatic carbocycles. The van der Waals surface area contributed by atoms with Crippen LogP contribution in [0.4, 0.5) is 11.4 Å². The van der Waals surface area contributed by atoms with Gasteiger partial charge in [-0.1, -0.05) is 0 Å². The standard InChI is InChI=1S/C24H41N3O4S/c1-16-15-27(19(4)20(5)31-16)22-13-12-21(17(2)18(22)3)26-23(28)11-9-10-14-25-32(29,30)24(6,7)8/h12-13,16,19-20,25H,9-11,14-15H2,1-8H3,(H,26,28). The van der Waals surface area contributed by atoms with E-state index >= 15 is 0 Å². The van der Waals surface area contributed by atoms with Crippen molar-refractivity contribution in [2.75, 3.05) is 23.3 Å². The third-order valence-corrected chi connectivity index (χ3v) is 8.54. The largest absolute Gasteiger partial charge is 0.372 e. The summed E-state index contributed by atoms with van der Waals surface area (Å²) in [6.07, 6.45) is 1.92. The molecule has 1 aromatic rings. The molecule has 0 saturated carbocycles. The minimum atomic E-state index is -3.34. The van der Waals surface area contributed by atoms with Gasteiger partial charge in [0.1, 0.15) is 0 Å². The van der Waals surface area contributed by atoms with E-state index in [0.717, 1.165) is 23.4 Å². The second kappa shape index (κ2) is 10.5. The molecule has 1 saturated heterocycles. The van der Waals surface area contributed by atoms with Crippen LogP contribution in [0.25, 0.3) is 0 Å². The summed E-state index contributed by atoms with van der Waals surface area (Å²) in [5.41, 5.74) is 4.23. The van der Waals surface area contributed by atoms with Crippen molar-refractivity contribution in [1.82, 2.24) is 4.72 Å². The predicted molar refractivity (Wildman–Crippen MR) is 132 cm³/mol. The molecule has 7 nitrogen and oxygen atoms in total. The number of unbranched alkanes of at least 4 members (excludes halogenated alkanes) is 1. The van der Waals surface area contributed by atoms with Crippen LogP contribution in [-0.4, -0.2) is 50.4 Å². The third-order valence-electron chi connectivity index (χ3n) is 6.34. The van der Waals surface area contributed by atoms with E-state index < -0.39 is 14.8 Å². The van der Waals surface area contributed by atoms with Crippen LogP contribution in [0.5, 0.6) is 0 Å². The fourth-order valence-corrected chi connectivity index (χ4v) is 4.68. The van der Waals surface area contributed by atoms with Gasteiger partial charge in [0.05, 0.1) is 23.0 Å². The minimum Gasteiger partial charge on any atom is -0.372 e. The summed E-state index contributed by atoms with van der Waals surface area (Å²) in [7, 11) is -3.34. The van der Waals surface area contributed by atoms with Gasteiger partial charge in [0.25, 0.3) is 0 Å². The maximum absolute atomic E-state index is 12.4. The molecule has 1 heterocycles. The zero-order chi connectivity index (χ0) is 24.3. The van der Waals surface area contributed by atoms with Crippen LogP contribution in [0.2, 0.25) is 0 Å². The second-order valence-electron chi connectivity index (χ2n) is 9.94. The lowest BCUT2D eigenvalue weighted by Gasteiger charge is -2.43. The number of hydrogen-bond donors (Lipinski definition) is 2. The molecule has 0 spiro atoms. The molecule has 3 unspecified atom stereocenters.